The maximum atomic E-state index is 11.8. The third kappa shape index (κ3) is 1.32. The van der Waals surface area contributed by atoms with E-state index in [1.807, 2.05) is 0 Å². The summed E-state index contributed by atoms with van der Waals surface area (Å²) in [6.45, 7) is 0.298. The van der Waals surface area contributed by atoms with E-state index in [0.717, 1.165) is 4.88 Å². The molecule has 88 valence electrons. The first-order chi connectivity index (χ1) is 8.09. The van der Waals surface area contributed by atoms with E-state index < -0.39 is 29.7 Å². The van der Waals surface area contributed by atoms with Crippen molar-refractivity contribution in [2.24, 2.45) is 0 Å². The van der Waals surface area contributed by atoms with Crippen LogP contribution in [0, 0.1) is 0 Å². The summed E-state index contributed by atoms with van der Waals surface area (Å²) < 4.78 is 0. The van der Waals surface area contributed by atoms with Crippen molar-refractivity contribution < 1.29 is 19.5 Å². The van der Waals surface area contributed by atoms with Gasteiger partial charge in [-0.05, 0) is 5.56 Å². The highest BCUT2D eigenvalue weighted by atomic mass is 32.1. The summed E-state index contributed by atoms with van der Waals surface area (Å²) >= 11 is 1.25. The molecule has 4 heterocycles. The van der Waals surface area contributed by atoms with E-state index in [2.05, 4.69) is 10.6 Å². The number of aromatic carboxylic acids is 1. The zero-order valence-electron chi connectivity index (χ0n) is 8.52. The second kappa shape index (κ2) is 3.38. The van der Waals surface area contributed by atoms with Crippen LogP contribution >= 0.6 is 11.3 Å². The zero-order valence-corrected chi connectivity index (χ0v) is 9.34. The molecule has 0 aliphatic carbocycles. The standard InChI is InChI=1S/C10H8N2O4S/c13-6-3-1-11-8(12-9(6)14)7-5(3)4(2-17-7)10(15)16/h2-3,8,11H,1H2,(H,12,14)(H,15,16). The average molecular weight is 252 g/mol. The molecule has 1 saturated heterocycles. The average Bonchev–Trinajstić information content (AvgIpc) is 2.65. The normalized spacial score (nSPS) is 26.4. The van der Waals surface area contributed by atoms with Gasteiger partial charge in [0.05, 0.1) is 11.5 Å². The van der Waals surface area contributed by atoms with Crippen molar-refractivity contribution in [3.63, 3.8) is 0 Å². The fraction of sp³-hybridized carbons (Fsp3) is 0.300. The summed E-state index contributed by atoms with van der Waals surface area (Å²) in [5, 5.41) is 16.2. The van der Waals surface area contributed by atoms with Crippen LogP contribution in [0.5, 0.6) is 0 Å². The van der Waals surface area contributed by atoms with Gasteiger partial charge in [-0.15, -0.1) is 11.3 Å². The van der Waals surface area contributed by atoms with Crippen LogP contribution in [0.4, 0.5) is 0 Å². The Kier molecular flexibility index (Phi) is 2.07. The molecule has 0 aromatic carbocycles. The Morgan fingerprint density at radius 2 is 2.24 bits per heavy atom. The molecule has 0 saturated carbocycles. The van der Waals surface area contributed by atoms with Crippen molar-refractivity contribution in [1.29, 1.82) is 0 Å². The van der Waals surface area contributed by atoms with Crippen molar-refractivity contribution in [3.8, 4) is 0 Å². The molecule has 2 bridgehead atoms. The maximum Gasteiger partial charge on any atom is 0.336 e. The largest absolute Gasteiger partial charge is 0.478 e. The van der Waals surface area contributed by atoms with Gasteiger partial charge in [-0.25, -0.2) is 4.79 Å². The zero-order chi connectivity index (χ0) is 12.2. The molecule has 7 heteroatoms. The minimum atomic E-state index is -1.06. The lowest BCUT2D eigenvalue weighted by molar-refractivity contribution is -0.138. The third-order valence-corrected chi connectivity index (χ3v) is 4.11. The summed E-state index contributed by atoms with van der Waals surface area (Å²) in [4.78, 5) is 35.1. The first-order valence-corrected chi connectivity index (χ1v) is 5.90. The Balaban J connectivity index is 2.23. The van der Waals surface area contributed by atoms with Crippen LogP contribution in [0.3, 0.4) is 0 Å². The van der Waals surface area contributed by atoms with Gasteiger partial charge in [0.15, 0.2) is 0 Å². The van der Waals surface area contributed by atoms with E-state index in [1.54, 1.807) is 0 Å². The molecule has 3 aliphatic heterocycles. The number of hydrogen-bond acceptors (Lipinski definition) is 5. The van der Waals surface area contributed by atoms with E-state index in [4.69, 9.17) is 5.11 Å². The van der Waals surface area contributed by atoms with Gasteiger partial charge in [0, 0.05) is 16.8 Å². The molecule has 2 atom stereocenters. The predicted molar refractivity (Wildman–Crippen MR) is 57.9 cm³/mol. The smallest absolute Gasteiger partial charge is 0.336 e. The predicted octanol–water partition coefficient (Wildman–Crippen LogP) is -0.169. The summed E-state index contributed by atoms with van der Waals surface area (Å²) in [6.07, 6.45) is -0.446. The Morgan fingerprint density at radius 1 is 1.47 bits per heavy atom. The molecule has 6 nitrogen and oxygen atoms in total. The van der Waals surface area contributed by atoms with Gasteiger partial charge in [0.2, 0.25) is 5.78 Å². The molecule has 0 spiro atoms. The molecule has 1 aromatic rings. The summed E-state index contributed by atoms with van der Waals surface area (Å²) in [5.41, 5.74) is 0.626. The van der Waals surface area contributed by atoms with Crippen LogP contribution < -0.4 is 10.6 Å². The van der Waals surface area contributed by atoms with Gasteiger partial charge in [-0.3, -0.25) is 14.9 Å². The Bertz CT molecular complexity index is 551. The first-order valence-electron chi connectivity index (χ1n) is 5.02. The van der Waals surface area contributed by atoms with Gasteiger partial charge >= 0.3 is 5.97 Å². The molecule has 3 aliphatic rings. The lowest BCUT2D eigenvalue weighted by Crippen LogP contribution is -2.37. The van der Waals surface area contributed by atoms with Gasteiger partial charge in [0.1, 0.15) is 6.17 Å². The summed E-state index contributed by atoms with van der Waals surface area (Å²) in [6, 6.07) is 0. The highest BCUT2D eigenvalue weighted by molar-refractivity contribution is 7.10. The Labute approximate surface area is 99.6 Å². The monoisotopic (exact) mass is 252 g/mol. The summed E-state index contributed by atoms with van der Waals surface area (Å²) in [7, 11) is 0. The Hall–Kier alpha value is -1.73. The molecule has 2 unspecified atom stereocenters. The number of nitrogens with one attached hydrogen (secondary N) is 2. The van der Waals surface area contributed by atoms with E-state index in [-0.39, 0.29) is 5.56 Å². The SMILES string of the molecule is O=C1NC2NCC(C1=O)c1c(C(=O)O)csc12. The second-order valence-electron chi connectivity index (χ2n) is 3.96. The van der Waals surface area contributed by atoms with Crippen molar-refractivity contribution >= 4 is 29.0 Å². The number of carbonyl (C=O) groups is 3. The quantitative estimate of drug-likeness (QED) is 0.603. The van der Waals surface area contributed by atoms with E-state index in [9.17, 15) is 14.4 Å². The topological polar surface area (TPSA) is 95.5 Å². The summed E-state index contributed by atoms with van der Waals surface area (Å²) in [5.74, 6) is -2.96. The number of amides is 1. The van der Waals surface area contributed by atoms with Crippen LogP contribution in [0.2, 0.25) is 0 Å². The highest BCUT2D eigenvalue weighted by Crippen LogP contribution is 2.39. The number of Topliss-reactive ketones (excluding diaryl/α,β-unsaturated/α-hetero) is 1. The molecular weight excluding hydrogens is 244 g/mol. The number of thiophene rings is 1. The van der Waals surface area contributed by atoms with Crippen LogP contribution in [0.1, 0.15) is 32.9 Å². The number of hydrogen-bond donors (Lipinski definition) is 3. The number of rotatable bonds is 1. The molecule has 1 aromatic heterocycles. The maximum absolute atomic E-state index is 11.8. The van der Waals surface area contributed by atoms with Gasteiger partial charge in [-0.1, -0.05) is 0 Å². The molecule has 0 radical (unpaired) electrons. The van der Waals surface area contributed by atoms with Crippen molar-refractivity contribution in [2.75, 3.05) is 6.54 Å². The number of carboxylic acids is 1. The van der Waals surface area contributed by atoms with Crippen LogP contribution in [-0.4, -0.2) is 29.3 Å². The first kappa shape index (κ1) is 10.4. The fourth-order valence-corrected chi connectivity index (χ4v) is 3.39. The highest BCUT2D eigenvalue weighted by Gasteiger charge is 2.43. The van der Waals surface area contributed by atoms with Crippen LogP contribution in [0.25, 0.3) is 0 Å². The van der Waals surface area contributed by atoms with Crippen LogP contribution in [0.15, 0.2) is 5.38 Å². The molecule has 17 heavy (non-hydrogen) atoms. The van der Waals surface area contributed by atoms with E-state index >= 15 is 0 Å². The van der Waals surface area contributed by atoms with Gasteiger partial charge < -0.3 is 10.4 Å². The third-order valence-electron chi connectivity index (χ3n) is 3.04. The van der Waals surface area contributed by atoms with Crippen molar-refractivity contribution in [2.45, 2.75) is 12.1 Å². The van der Waals surface area contributed by atoms with E-state index in [1.165, 1.54) is 16.7 Å². The van der Waals surface area contributed by atoms with Gasteiger partial charge in [-0.2, -0.15) is 0 Å². The minimum absolute atomic E-state index is 0.131. The molecular formula is C10H8N2O4S. The molecule has 3 N–H and O–H groups in total. The molecule has 4 rings (SSSR count). The lowest BCUT2D eigenvalue weighted by atomic mass is 9.90. The molecule has 1 fully saturated rings. The number of fused-ring (bicyclic) bond motifs is 3. The minimum Gasteiger partial charge on any atom is -0.478 e. The van der Waals surface area contributed by atoms with Gasteiger partial charge in [0.25, 0.3) is 5.91 Å². The van der Waals surface area contributed by atoms with Crippen LogP contribution in [-0.2, 0) is 9.59 Å². The number of carbonyl (C=O) groups excluding carboxylic acids is 2. The lowest BCUT2D eigenvalue weighted by Gasteiger charge is -2.24. The van der Waals surface area contributed by atoms with E-state index in [0.29, 0.717) is 12.1 Å². The van der Waals surface area contributed by atoms with Crippen molar-refractivity contribution in [3.05, 3.63) is 21.4 Å². The second-order valence-corrected chi connectivity index (χ2v) is 4.88. The Morgan fingerprint density at radius 3 is 2.94 bits per heavy atom. The van der Waals surface area contributed by atoms with Crippen molar-refractivity contribution in [1.82, 2.24) is 10.6 Å². The number of carboxylic acid groups (broad SMARTS) is 1. The molecule has 1 amide bonds. The number of ketones is 1. The fourth-order valence-electron chi connectivity index (χ4n) is 2.26.